The van der Waals surface area contributed by atoms with Crippen LogP contribution in [0.4, 0.5) is 0 Å². The van der Waals surface area contributed by atoms with Gasteiger partial charge in [-0.25, -0.2) is 0 Å². The molecule has 0 bridgehead atoms. The van der Waals surface area contributed by atoms with E-state index in [-0.39, 0.29) is 12.4 Å². The predicted octanol–water partition coefficient (Wildman–Crippen LogP) is 1.44. The van der Waals surface area contributed by atoms with Crippen molar-refractivity contribution >= 4 is 12.4 Å². The zero-order valence-electron chi connectivity index (χ0n) is 7.00. The highest BCUT2D eigenvalue weighted by Crippen LogP contribution is 2.35. The Bertz CT molecular complexity index is 280. The Kier molecular flexibility index (Phi) is 2.06. The lowest BCUT2D eigenvalue weighted by Crippen LogP contribution is -2.00. The van der Waals surface area contributed by atoms with Crippen LogP contribution in [0.25, 0.3) is 0 Å². The summed E-state index contributed by atoms with van der Waals surface area (Å²) in [6.07, 6.45) is 0. The van der Waals surface area contributed by atoms with E-state index in [1.165, 1.54) is 11.1 Å². The molecule has 70 valence electrons. The average Bonchev–Trinajstić information content (AvgIpc) is 2.64. The molecule has 0 aromatic heterocycles. The molecule has 0 saturated carbocycles. The Balaban J connectivity index is 0.000000653. The van der Waals surface area contributed by atoms with E-state index in [4.69, 9.17) is 9.47 Å². The Morgan fingerprint density at radius 3 is 2.08 bits per heavy atom. The maximum Gasteiger partial charge on any atom is 0.231 e. The third kappa shape index (κ3) is 1.24. The molecule has 3 rings (SSSR count). The maximum absolute atomic E-state index is 5.27. The van der Waals surface area contributed by atoms with Gasteiger partial charge < -0.3 is 14.8 Å². The highest BCUT2D eigenvalue weighted by atomic mass is 35.5. The molecule has 0 unspecified atom stereocenters. The van der Waals surface area contributed by atoms with Gasteiger partial charge >= 0.3 is 0 Å². The van der Waals surface area contributed by atoms with E-state index in [1.807, 2.05) is 0 Å². The predicted molar refractivity (Wildman–Crippen MR) is 50.4 cm³/mol. The minimum absolute atomic E-state index is 0. The first kappa shape index (κ1) is 8.66. The van der Waals surface area contributed by atoms with Crippen molar-refractivity contribution in [2.75, 3.05) is 6.79 Å². The lowest BCUT2D eigenvalue weighted by Gasteiger charge is -1.99. The van der Waals surface area contributed by atoms with Crippen LogP contribution in [0, 0.1) is 0 Å². The number of hydrogen-bond donors (Lipinski definition) is 1. The normalized spacial score (nSPS) is 16.6. The molecule has 2 heterocycles. The summed E-state index contributed by atoms with van der Waals surface area (Å²) in [5.41, 5.74) is 2.67. The van der Waals surface area contributed by atoms with Gasteiger partial charge in [-0.1, -0.05) is 0 Å². The van der Waals surface area contributed by atoms with E-state index in [1.54, 1.807) is 0 Å². The van der Waals surface area contributed by atoms with Gasteiger partial charge in [0.15, 0.2) is 11.5 Å². The molecule has 0 fully saturated rings. The van der Waals surface area contributed by atoms with Crippen LogP contribution in [0.3, 0.4) is 0 Å². The van der Waals surface area contributed by atoms with Gasteiger partial charge in [0.2, 0.25) is 6.79 Å². The van der Waals surface area contributed by atoms with Gasteiger partial charge in [0.1, 0.15) is 0 Å². The first-order chi connectivity index (χ1) is 5.93. The van der Waals surface area contributed by atoms with Gasteiger partial charge in [0.25, 0.3) is 0 Å². The fourth-order valence-corrected chi connectivity index (χ4v) is 1.69. The zero-order chi connectivity index (χ0) is 7.97. The second-order valence-electron chi connectivity index (χ2n) is 3.08. The summed E-state index contributed by atoms with van der Waals surface area (Å²) in [6.45, 7) is 2.27. The number of ether oxygens (including phenoxy) is 2. The van der Waals surface area contributed by atoms with Gasteiger partial charge in [0.05, 0.1) is 0 Å². The topological polar surface area (TPSA) is 30.5 Å². The van der Waals surface area contributed by atoms with Crippen LogP contribution in [-0.2, 0) is 13.1 Å². The first-order valence-corrected chi connectivity index (χ1v) is 4.05. The molecule has 4 heteroatoms. The van der Waals surface area contributed by atoms with Gasteiger partial charge in [-0.05, 0) is 23.3 Å². The molecule has 0 amide bonds. The first-order valence-electron chi connectivity index (χ1n) is 4.05. The summed E-state index contributed by atoms with van der Waals surface area (Å²) >= 11 is 0. The number of benzene rings is 1. The molecule has 0 spiro atoms. The van der Waals surface area contributed by atoms with E-state index in [9.17, 15) is 0 Å². The number of halogens is 1. The zero-order valence-corrected chi connectivity index (χ0v) is 7.82. The lowest BCUT2D eigenvalue weighted by molar-refractivity contribution is 0.174. The largest absolute Gasteiger partial charge is 0.454 e. The standard InChI is InChI=1S/C9H9NO2.ClH/c1-6-3-10-4-7(6)2-9-8(1)11-5-12-9;/h1-2,10H,3-5H2;1H. The fourth-order valence-electron chi connectivity index (χ4n) is 1.69. The van der Waals surface area contributed by atoms with Crippen molar-refractivity contribution in [3.05, 3.63) is 23.3 Å². The van der Waals surface area contributed by atoms with Crippen molar-refractivity contribution in [1.82, 2.24) is 5.32 Å². The molecule has 0 atom stereocenters. The number of hydrogen-bond acceptors (Lipinski definition) is 3. The molecule has 0 radical (unpaired) electrons. The SMILES string of the molecule is Cl.c1c2c(cc3c1OCO3)CNC2. The second-order valence-corrected chi connectivity index (χ2v) is 3.08. The molecule has 13 heavy (non-hydrogen) atoms. The van der Waals surface area contributed by atoms with Crippen LogP contribution in [-0.4, -0.2) is 6.79 Å². The molecule has 2 aliphatic heterocycles. The summed E-state index contributed by atoms with van der Waals surface area (Å²) in [5, 5.41) is 3.28. The Morgan fingerprint density at radius 1 is 1.00 bits per heavy atom. The number of fused-ring (bicyclic) bond motifs is 2. The highest BCUT2D eigenvalue weighted by Gasteiger charge is 2.19. The number of rotatable bonds is 0. The van der Waals surface area contributed by atoms with E-state index < -0.39 is 0 Å². The smallest absolute Gasteiger partial charge is 0.231 e. The van der Waals surface area contributed by atoms with Crippen molar-refractivity contribution in [3.8, 4) is 11.5 Å². The van der Waals surface area contributed by atoms with Crippen LogP contribution < -0.4 is 14.8 Å². The molecule has 1 aromatic carbocycles. The fraction of sp³-hybridized carbons (Fsp3) is 0.333. The Hall–Kier alpha value is -0.930. The van der Waals surface area contributed by atoms with Gasteiger partial charge in [-0.2, -0.15) is 0 Å². The van der Waals surface area contributed by atoms with E-state index in [0.29, 0.717) is 6.79 Å². The summed E-state index contributed by atoms with van der Waals surface area (Å²) in [6, 6.07) is 4.13. The number of nitrogens with one attached hydrogen (secondary N) is 1. The summed E-state index contributed by atoms with van der Waals surface area (Å²) in [5.74, 6) is 1.77. The van der Waals surface area contributed by atoms with Crippen molar-refractivity contribution in [1.29, 1.82) is 0 Å². The molecule has 1 N–H and O–H groups in total. The molecule has 3 nitrogen and oxygen atoms in total. The van der Waals surface area contributed by atoms with Crippen molar-refractivity contribution in [3.63, 3.8) is 0 Å². The molecule has 0 aliphatic carbocycles. The Morgan fingerprint density at radius 2 is 1.54 bits per heavy atom. The van der Waals surface area contributed by atoms with Gasteiger partial charge in [0, 0.05) is 13.1 Å². The molecular weight excluding hydrogens is 190 g/mol. The van der Waals surface area contributed by atoms with Crippen molar-refractivity contribution in [2.45, 2.75) is 13.1 Å². The minimum Gasteiger partial charge on any atom is -0.454 e. The third-order valence-corrected chi connectivity index (χ3v) is 2.33. The molecular formula is C9H10ClNO2. The summed E-state index contributed by atoms with van der Waals surface area (Å²) in [4.78, 5) is 0. The minimum atomic E-state index is 0. The van der Waals surface area contributed by atoms with Crippen LogP contribution in [0.5, 0.6) is 11.5 Å². The summed E-state index contributed by atoms with van der Waals surface area (Å²) < 4.78 is 10.5. The van der Waals surface area contributed by atoms with Crippen LogP contribution >= 0.6 is 12.4 Å². The average molecular weight is 200 g/mol. The van der Waals surface area contributed by atoms with Crippen LogP contribution in [0.15, 0.2) is 12.1 Å². The second kappa shape index (κ2) is 3.09. The van der Waals surface area contributed by atoms with Crippen LogP contribution in [0.1, 0.15) is 11.1 Å². The quantitative estimate of drug-likeness (QED) is 0.686. The van der Waals surface area contributed by atoms with Crippen molar-refractivity contribution in [2.24, 2.45) is 0 Å². The van der Waals surface area contributed by atoms with E-state index in [2.05, 4.69) is 17.4 Å². The van der Waals surface area contributed by atoms with Gasteiger partial charge in [-0.15, -0.1) is 12.4 Å². The monoisotopic (exact) mass is 199 g/mol. The van der Waals surface area contributed by atoms with E-state index in [0.717, 1.165) is 24.6 Å². The summed E-state index contributed by atoms with van der Waals surface area (Å²) in [7, 11) is 0. The molecule has 1 aromatic rings. The third-order valence-electron chi connectivity index (χ3n) is 2.33. The Labute approximate surface area is 82.4 Å². The van der Waals surface area contributed by atoms with Crippen LogP contribution in [0.2, 0.25) is 0 Å². The molecule has 0 saturated heterocycles. The lowest BCUT2D eigenvalue weighted by atomic mass is 10.1. The highest BCUT2D eigenvalue weighted by molar-refractivity contribution is 5.85. The van der Waals surface area contributed by atoms with E-state index >= 15 is 0 Å². The molecule has 2 aliphatic rings. The van der Waals surface area contributed by atoms with Gasteiger partial charge in [-0.3, -0.25) is 0 Å². The van der Waals surface area contributed by atoms with Crippen molar-refractivity contribution < 1.29 is 9.47 Å². The maximum atomic E-state index is 5.27.